The highest BCUT2D eigenvalue weighted by Gasteiger charge is 2.33. The molecule has 1 amide bonds. The molecule has 0 radical (unpaired) electrons. The van der Waals surface area contributed by atoms with Crippen LogP contribution in [-0.4, -0.2) is 25.6 Å². The average Bonchev–Trinajstić information content (AvgIpc) is 2.77. The van der Waals surface area contributed by atoms with Crippen LogP contribution in [0.2, 0.25) is 0 Å². The first kappa shape index (κ1) is 26.8. The molecule has 190 valence electrons. The summed E-state index contributed by atoms with van der Waals surface area (Å²) in [7, 11) is -3.68. The van der Waals surface area contributed by atoms with Crippen molar-refractivity contribution in [1.82, 2.24) is 10.3 Å². The van der Waals surface area contributed by atoms with Crippen LogP contribution >= 0.6 is 0 Å². The molecule has 2 aromatic carbocycles. The number of pyridine rings is 1. The fraction of sp³-hybridized carbons (Fsp3) is 0.167. The van der Waals surface area contributed by atoms with Crippen molar-refractivity contribution in [2.45, 2.75) is 19.1 Å². The summed E-state index contributed by atoms with van der Waals surface area (Å²) in [5.41, 5.74) is -1.03. The molecule has 0 unspecified atom stereocenters. The highest BCUT2D eigenvalue weighted by Crippen LogP contribution is 2.32. The van der Waals surface area contributed by atoms with Gasteiger partial charge in [0.2, 0.25) is 15.9 Å². The van der Waals surface area contributed by atoms with E-state index in [0.717, 1.165) is 42.7 Å². The van der Waals surface area contributed by atoms with Crippen molar-refractivity contribution < 1.29 is 35.2 Å². The molecule has 3 aromatic rings. The largest absolute Gasteiger partial charge is 0.433 e. The van der Waals surface area contributed by atoms with Gasteiger partial charge in [0.15, 0.2) is 0 Å². The Morgan fingerprint density at radius 2 is 1.78 bits per heavy atom. The summed E-state index contributed by atoms with van der Waals surface area (Å²) in [6, 6.07) is 9.74. The van der Waals surface area contributed by atoms with Crippen LogP contribution < -0.4 is 10.0 Å². The molecule has 0 saturated heterocycles. The Labute approximate surface area is 203 Å². The van der Waals surface area contributed by atoms with Crippen molar-refractivity contribution in [3.8, 4) is 11.3 Å². The van der Waals surface area contributed by atoms with Crippen molar-refractivity contribution >= 4 is 27.7 Å². The number of carbonyl (C=O) groups is 1. The van der Waals surface area contributed by atoms with E-state index < -0.39 is 45.5 Å². The minimum absolute atomic E-state index is 0.0906. The van der Waals surface area contributed by atoms with Crippen molar-refractivity contribution in [3.05, 3.63) is 89.1 Å². The standard InChI is InChI=1S/C24H20F5N3O3S/c1-14(16-6-9-20(19(26)13-16)32-36(2,34)35)30-22(33)11-8-15-7-10-21(24(27,28)29)31-23(15)17-4-3-5-18(25)12-17/h3-14,32H,1-2H3,(H,30,33)/b11-8+/t14-/m1/s1. The number of carbonyl (C=O) groups excluding carboxylic acids is 1. The molecule has 0 spiro atoms. The molecule has 1 atom stereocenters. The van der Waals surface area contributed by atoms with Gasteiger partial charge in [0, 0.05) is 17.2 Å². The van der Waals surface area contributed by atoms with E-state index >= 15 is 0 Å². The van der Waals surface area contributed by atoms with Crippen molar-refractivity contribution in [2.75, 3.05) is 11.0 Å². The van der Waals surface area contributed by atoms with Gasteiger partial charge in [0.1, 0.15) is 17.3 Å². The third-order valence-corrected chi connectivity index (χ3v) is 5.47. The number of benzene rings is 2. The zero-order chi connectivity index (χ0) is 26.7. The van der Waals surface area contributed by atoms with Gasteiger partial charge < -0.3 is 5.32 Å². The third-order valence-electron chi connectivity index (χ3n) is 4.88. The quantitative estimate of drug-likeness (QED) is 0.323. The van der Waals surface area contributed by atoms with E-state index in [0.29, 0.717) is 5.56 Å². The minimum Gasteiger partial charge on any atom is -0.346 e. The summed E-state index contributed by atoms with van der Waals surface area (Å²) in [4.78, 5) is 16.0. The van der Waals surface area contributed by atoms with Gasteiger partial charge in [-0.3, -0.25) is 9.52 Å². The summed E-state index contributed by atoms with van der Waals surface area (Å²) < 4.78 is 92.0. The second kappa shape index (κ2) is 10.4. The van der Waals surface area contributed by atoms with Crippen LogP contribution in [0.5, 0.6) is 0 Å². The minimum atomic E-state index is -4.72. The Morgan fingerprint density at radius 3 is 2.39 bits per heavy atom. The maximum absolute atomic E-state index is 14.2. The molecule has 0 aliphatic rings. The lowest BCUT2D eigenvalue weighted by Crippen LogP contribution is -2.24. The van der Waals surface area contributed by atoms with E-state index in [1.807, 2.05) is 4.72 Å². The van der Waals surface area contributed by atoms with Crippen molar-refractivity contribution in [3.63, 3.8) is 0 Å². The number of nitrogens with zero attached hydrogens (tertiary/aromatic N) is 1. The number of sulfonamides is 1. The number of rotatable bonds is 7. The lowest BCUT2D eigenvalue weighted by atomic mass is 10.0. The van der Waals surface area contributed by atoms with Gasteiger partial charge in [-0.25, -0.2) is 22.2 Å². The molecule has 2 N–H and O–H groups in total. The highest BCUT2D eigenvalue weighted by molar-refractivity contribution is 7.92. The fourth-order valence-corrected chi connectivity index (χ4v) is 3.79. The van der Waals surface area contributed by atoms with Gasteiger partial charge in [0.05, 0.1) is 23.7 Å². The molecule has 0 fully saturated rings. The van der Waals surface area contributed by atoms with Gasteiger partial charge >= 0.3 is 6.18 Å². The van der Waals surface area contributed by atoms with Crippen LogP contribution in [0.3, 0.4) is 0 Å². The molecule has 36 heavy (non-hydrogen) atoms. The molecule has 3 rings (SSSR count). The number of amides is 1. The topological polar surface area (TPSA) is 88.2 Å². The van der Waals surface area contributed by atoms with E-state index in [9.17, 15) is 35.2 Å². The predicted molar refractivity (Wildman–Crippen MR) is 125 cm³/mol. The Hall–Kier alpha value is -3.80. The molecule has 12 heteroatoms. The van der Waals surface area contributed by atoms with Crippen LogP contribution in [-0.2, 0) is 21.0 Å². The van der Waals surface area contributed by atoms with Gasteiger partial charge in [-0.05, 0) is 48.9 Å². The molecule has 0 saturated carbocycles. The smallest absolute Gasteiger partial charge is 0.346 e. The Bertz CT molecular complexity index is 1420. The van der Waals surface area contributed by atoms with Gasteiger partial charge in [-0.1, -0.05) is 24.3 Å². The van der Waals surface area contributed by atoms with Gasteiger partial charge in [-0.15, -0.1) is 0 Å². The second-order valence-corrected chi connectivity index (χ2v) is 9.57. The SMILES string of the molecule is C[C@@H](NC(=O)/C=C/c1ccc(C(F)(F)F)nc1-c1cccc(F)c1)c1ccc(NS(C)(=O)=O)c(F)c1. The second-order valence-electron chi connectivity index (χ2n) is 7.82. The van der Waals surface area contributed by atoms with E-state index in [2.05, 4.69) is 10.3 Å². The first-order chi connectivity index (χ1) is 16.7. The maximum Gasteiger partial charge on any atom is 0.433 e. The summed E-state index contributed by atoms with van der Waals surface area (Å²) in [6.07, 6.45) is -1.56. The first-order valence-electron chi connectivity index (χ1n) is 10.3. The molecule has 1 aromatic heterocycles. The van der Waals surface area contributed by atoms with E-state index in [-0.39, 0.29) is 22.5 Å². The zero-order valence-corrected chi connectivity index (χ0v) is 19.7. The number of nitrogens with one attached hydrogen (secondary N) is 2. The van der Waals surface area contributed by atoms with E-state index in [4.69, 9.17) is 0 Å². The predicted octanol–water partition coefficient (Wildman–Crippen LogP) is 5.31. The number of aromatic nitrogens is 1. The van der Waals surface area contributed by atoms with Crippen molar-refractivity contribution in [2.24, 2.45) is 0 Å². The first-order valence-corrected chi connectivity index (χ1v) is 12.2. The summed E-state index contributed by atoms with van der Waals surface area (Å²) in [5, 5.41) is 2.57. The van der Waals surface area contributed by atoms with Crippen LogP contribution in [0.1, 0.15) is 29.8 Å². The van der Waals surface area contributed by atoms with Crippen LogP contribution in [0.4, 0.5) is 27.6 Å². The third kappa shape index (κ3) is 7.11. The molecule has 6 nitrogen and oxygen atoms in total. The molecule has 0 aliphatic heterocycles. The van der Waals surface area contributed by atoms with Crippen molar-refractivity contribution in [1.29, 1.82) is 0 Å². The zero-order valence-electron chi connectivity index (χ0n) is 18.9. The van der Waals surface area contributed by atoms with Crippen LogP contribution in [0.15, 0.2) is 60.7 Å². The number of hydrogen-bond donors (Lipinski definition) is 2. The Balaban J connectivity index is 1.82. The number of anilines is 1. The Morgan fingerprint density at radius 1 is 1.06 bits per heavy atom. The number of halogens is 5. The van der Waals surface area contributed by atoms with Crippen LogP contribution in [0, 0.1) is 11.6 Å². The average molecular weight is 525 g/mol. The van der Waals surface area contributed by atoms with Crippen LogP contribution in [0.25, 0.3) is 17.3 Å². The van der Waals surface area contributed by atoms with Gasteiger partial charge in [-0.2, -0.15) is 13.2 Å². The number of hydrogen-bond acceptors (Lipinski definition) is 4. The molecule has 1 heterocycles. The Kier molecular flexibility index (Phi) is 7.77. The van der Waals surface area contributed by atoms with E-state index in [1.165, 1.54) is 30.3 Å². The lowest BCUT2D eigenvalue weighted by molar-refractivity contribution is -0.141. The molecule has 0 bridgehead atoms. The van der Waals surface area contributed by atoms with E-state index in [1.54, 1.807) is 6.92 Å². The summed E-state index contributed by atoms with van der Waals surface area (Å²) in [5.74, 6) is -2.16. The fourth-order valence-electron chi connectivity index (χ4n) is 3.22. The normalized spacial score (nSPS) is 13.0. The summed E-state index contributed by atoms with van der Waals surface area (Å²) in [6.45, 7) is 1.56. The highest BCUT2D eigenvalue weighted by atomic mass is 32.2. The molecular formula is C24H20F5N3O3S. The molecular weight excluding hydrogens is 505 g/mol. The summed E-state index contributed by atoms with van der Waals surface area (Å²) >= 11 is 0. The van der Waals surface area contributed by atoms with Gasteiger partial charge in [0.25, 0.3) is 0 Å². The molecule has 0 aliphatic carbocycles. The monoisotopic (exact) mass is 525 g/mol. The maximum atomic E-state index is 14.2. The number of alkyl halides is 3. The lowest BCUT2D eigenvalue weighted by Gasteiger charge is -2.15.